The van der Waals surface area contributed by atoms with E-state index in [9.17, 15) is 9.59 Å². The molecule has 0 fully saturated rings. The summed E-state index contributed by atoms with van der Waals surface area (Å²) in [6, 6.07) is 3.45. The number of nitrogens with one attached hydrogen (secondary N) is 1. The van der Waals surface area contributed by atoms with E-state index in [0.29, 0.717) is 24.6 Å². The van der Waals surface area contributed by atoms with Crippen molar-refractivity contribution >= 4 is 30.2 Å². The van der Waals surface area contributed by atoms with Gasteiger partial charge in [0.05, 0.1) is 12.3 Å². The van der Waals surface area contributed by atoms with Crippen LogP contribution in [0.4, 0.5) is 0 Å². The molecule has 2 N–H and O–H groups in total. The van der Waals surface area contributed by atoms with Crippen LogP contribution in [-0.2, 0) is 9.59 Å². The normalized spacial score (nSPS) is 11.9. The number of hydrogen-bond donors (Lipinski definition) is 3. The second kappa shape index (κ2) is 9.27. The van der Waals surface area contributed by atoms with Crippen LogP contribution >= 0.6 is 12.6 Å². The highest BCUT2D eigenvalue weighted by atomic mass is 32.1. The first-order chi connectivity index (χ1) is 11.2. The van der Waals surface area contributed by atoms with Gasteiger partial charge in [-0.05, 0) is 19.4 Å². The summed E-state index contributed by atoms with van der Waals surface area (Å²) in [4.78, 5) is 26.2. The Bertz CT molecular complexity index is 594. The molecule has 0 aliphatic carbocycles. The largest absolute Gasteiger partial charge is 0.481 e. The maximum Gasteiger partial charge on any atom is 0.303 e. The highest BCUT2D eigenvalue weighted by Gasteiger charge is 2.16. The van der Waals surface area contributed by atoms with E-state index in [1.165, 1.54) is 0 Å². The van der Waals surface area contributed by atoms with Crippen LogP contribution in [0, 0.1) is 0 Å². The third kappa shape index (κ3) is 8.52. The Morgan fingerprint density at radius 1 is 1.42 bits per heavy atom. The fourth-order valence-corrected chi connectivity index (χ4v) is 1.87. The summed E-state index contributed by atoms with van der Waals surface area (Å²) in [7, 11) is 0. The van der Waals surface area contributed by atoms with Gasteiger partial charge in [0.25, 0.3) is 0 Å². The maximum absolute atomic E-state index is 11.7. The van der Waals surface area contributed by atoms with Gasteiger partial charge in [0.2, 0.25) is 11.8 Å². The van der Waals surface area contributed by atoms with Crippen LogP contribution in [-0.4, -0.2) is 39.0 Å². The fraction of sp³-hybridized carbons (Fsp3) is 0.500. The van der Waals surface area contributed by atoms with E-state index in [4.69, 9.17) is 9.84 Å². The molecule has 1 aromatic heterocycles. The van der Waals surface area contributed by atoms with Gasteiger partial charge in [0.15, 0.2) is 0 Å². The Labute approximate surface area is 146 Å². The van der Waals surface area contributed by atoms with Gasteiger partial charge in [-0.25, -0.2) is 10.4 Å². The van der Waals surface area contributed by atoms with Gasteiger partial charge in [-0.1, -0.05) is 13.8 Å². The van der Waals surface area contributed by atoms with Gasteiger partial charge in [0, 0.05) is 35.4 Å². The predicted molar refractivity (Wildman–Crippen MR) is 94.6 cm³/mol. The van der Waals surface area contributed by atoms with Crippen LogP contribution in [0.2, 0.25) is 0 Å². The second-order valence-corrected chi connectivity index (χ2v) is 7.16. The van der Waals surface area contributed by atoms with E-state index in [2.05, 4.69) is 28.1 Å². The molecular formula is C16H23N3O4S. The third-order valence-corrected chi connectivity index (χ3v) is 3.04. The molecule has 1 rings (SSSR count). The second-order valence-electron chi connectivity index (χ2n) is 5.95. The number of rotatable bonds is 9. The van der Waals surface area contributed by atoms with Crippen molar-refractivity contribution in [2.24, 2.45) is 5.10 Å². The molecule has 8 heteroatoms. The van der Waals surface area contributed by atoms with Crippen LogP contribution in [0.3, 0.4) is 0 Å². The number of pyridine rings is 1. The summed E-state index contributed by atoms with van der Waals surface area (Å²) in [5.41, 5.74) is 3.85. The van der Waals surface area contributed by atoms with Crippen molar-refractivity contribution in [3.63, 3.8) is 0 Å². The molecule has 0 unspecified atom stereocenters. The number of aromatic nitrogens is 1. The summed E-state index contributed by atoms with van der Waals surface area (Å²) < 4.78 is 4.96. The summed E-state index contributed by atoms with van der Waals surface area (Å²) in [6.07, 6.45) is 2.33. The molecule has 0 atom stereocenters. The number of hydrazone groups is 1. The average Bonchev–Trinajstić information content (AvgIpc) is 2.48. The lowest BCUT2D eigenvalue weighted by atomic mass is 10.1. The molecule has 132 valence electrons. The Morgan fingerprint density at radius 3 is 2.67 bits per heavy atom. The average molecular weight is 353 g/mol. The first-order valence-electron chi connectivity index (χ1n) is 7.54. The van der Waals surface area contributed by atoms with Gasteiger partial charge in [0.1, 0.15) is 0 Å². The number of amides is 1. The van der Waals surface area contributed by atoms with E-state index in [1.54, 1.807) is 25.3 Å². The topological polar surface area (TPSA) is 101 Å². The summed E-state index contributed by atoms with van der Waals surface area (Å²) in [5, 5.41) is 12.6. The van der Waals surface area contributed by atoms with Crippen molar-refractivity contribution in [2.75, 3.05) is 6.61 Å². The van der Waals surface area contributed by atoms with Crippen LogP contribution in [0.5, 0.6) is 5.88 Å². The minimum Gasteiger partial charge on any atom is -0.481 e. The number of ether oxygens (including phenoxy) is 1. The van der Waals surface area contributed by atoms with Crippen LogP contribution in [0.15, 0.2) is 23.4 Å². The van der Waals surface area contributed by atoms with E-state index in [1.807, 2.05) is 13.8 Å². The zero-order valence-electron chi connectivity index (χ0n) is 14.1. The molecule has 0 aromatic carbocycles. The molecule has 0 bridgehead atoms. The molecule has 7 nitrogen and oxygen atoms in total. The molecule has 1 amide bonds. The highest BCUT2D eigenvalue weighted by Crippen LogP contribution is 2.16. The Kier molecular flexibility index (Phi) is 7.70. The lowest BCUT2D eigenvalue weighted by Crippen LogP contribution is -2.26. The fourth-order valence-electron chi connectivity index (χ4n) is 1.72. The molecule has 0 radical (unpaired) electrons. The smallest absolute Gasteiger partial charge is 0.303 e. The van der Waals surface area contributed by atoms with E-state index < -0.39 is 10.7 Å². The predicted octanol–water partition coefficient (Wildman–Crippen LogP) is 2.26. The molecule has 1 aromatic rings. The number of thiol groups is 1. The number of carboxylic acids is 1. The van der Waals surface area contributed by atoms with Gasteiger partial charge in [-0.2, -0.15) is 17.7 Å². The molecular weight excluding hydrogens is 330 g/mol. The first kappa shape index (κ1) is 20.0. The van der Waals surface area contributed by atoms with Crippen molar-refractivity contribution in [3.8, 4) is 5.88 Å². The van der Waals surface area contributed by atoms with Crippen molar-refractivity contribution in [3.05, 3.63) is 23.9 Å². The standard InChI is InChI=1S/C16H23N3O4S/c1-11(18-19-13(20)9-16(2,3)24)12-6-7-14(17-10-12)23-8-4-5-15(21)22/h6-7,10,24H,4-5,8-9H2,1-3H3,(H,19,20)(H,21,22). The van der Waals surface area contributed by atoms with Crippen molar-refractivity contribution in [2.45, 2.75) is 44.8 Å². The number of carbonyl (C=O) groups excluding carboxylic acids is 1. The van der Waals surface area contributed by atoms with E-state index in [0.717, 1.165) is 5.56 Å². The van der Waals surface area contributed by atoms with E-state index in [-0.39, 0.29) is 18.7 Å². The first-order valence-corrected chi connectivity index (χ1v) is 7.98. The Balaban J connectivity index is 2.50. The van der Waals surface area contributed by atoms with Crippen molar-refractivity contribution in [1.82, 2.24) is 10.4 Å². The molecule has 24 heavy (non-hydrogen) atoms. The molecule has 1 heterocycles. The monoisotopic (exact) mass is 353 g/mol. The van der Waals surface area contributed by atoms with Gasteiger partial charge < -0.3 is 9.84 Å². The zero-order valence-corrected chi connectivity index (χ0v) is 15.0. The van der Waals surface area contributed by atoms with Crippen LogP contribution < -0.4 is 10.2 Å². The molecule has 0 saturated heterocycles. The van der Waals surface area contributed by atoms with Crippen LogP contribution in [0.25, 0.3) is 0 Å². The molecule has 0 spiro atoms. The van der Waals surface area contributed by atoms with Gasteiger partial charge in [-0.3, -0.25) is 9.59 Å². The number of carbonyl (C=O) groups is 2. The lowest BCUT2D eigenvalue weighted by Gasteiger charge is -2.15. The van der Waals surface area contributed by atoms with Gasteiger partial charge in [-0.15, -0.1) is 0 Å². The number of nitrogens with zero attached hydrogens (tertiary/aromatic N) is 2. The quantitative estimate of drug-likeness (QED) is 0.274. The van der Waals surface area contributed by atoms with Crippen molar-refractivity contribution < 1.29 is 19.4 Å². The SMILES string of the molecule is CC(=NNC(=O)CC(C)(C)S)c1ccc(OCCCC(=O)O)nc1. The lowest BCUT2D eigenvalue weighted by molar-refractivity contribution is -0.137. The molecule has 0 aliphatic rings. The number of hydrogen-bond acceptors (Lipinski definition) is 6. The Morgan fingerprint density at radius 2 is 2.12 bits per heavy atom. The zero-order chi connectivity index (χ0) is 18.2. The van der Waals surface area contributed by atoms with Gasteiger partial charge >= 0.3 is 5.97 Å². The summed E-state index contributed by atoms with van der Waals surface area (Å²) >= 11 is 4.30. The van der Waals surface area contributed by atoms with Crippen molar-refractivity contribution in [1.29, 1.82) is 0 Å². The summed E-state index contributed by atoms with van der Waals surface area (Å²) in [6.45, 7) is 5.76. The molecule has 0 aliphatic heterocycles. The Hall–Kier alpha value is -2.09. The summed E-state index contributed by atoms with van der Waals surface area (Å²) in [5.74, 6) is -0.643. The molecule has 0 saturated carbocycles. The number of carboxylic acid groups (broad SMARTS) is 1. The maximum atomic E-state index is 11.7. The minimum atomic E-state index is -0.850. The number of aliphatic carboxylic acids is 1. The minimum absolute atomic E-state index is 0.0621. The van der Waals surface area contributed by atoms with E-state index >= 15 is 0 Å². The highest BCUT2D eigenvalue weighted by molar-refractivity contribution is 7.81. The van der Waals surface area contributed by atoms with Crippen LogP contribution in [0.1, 0.15) is 45.6 Å². The third-order valence-electron chi connectivity index (χ3n) is 2.88.